The second-order valence-corrected chi connectivity index (χ2v) is 30.2. The van der Waals surface area contributed by atoms with Gasteiger partial charge in [0.05, 0.1) is 65.1 Å². The SMILES string of the molecule is CC(=O)N[C@H]1[C@H](O[C@H]2[C@@H](O)[C@@H](CO)O[C@@H](O[C@H]3[C@H](O[C@@H]4O[C@@H](C)[C@@H](O)[C@@H](O)[C@@H]4O)[C@@H](NC(C)=O)[C@H](OC[C@H]4O[C@@H](O[C@H]5[C@H](O)[C@@H](O)C(O)O[C@@H]5CO)[C@H](O)[C@@H](O[C@@H]5O[C@H](CO)[C@@H](O)[C@H](O[C@@H]6O[C@H](CO)[C@H](O)[C@H](O)[C@H]6O)[C@H]5NC(C)=O)[C@H]4O)O[C@@H]3CO)[C@@H]2O)O[C@H](CO)[C@@H](O[C@@H]2O[C@@H](C)[C@@H](O)[C@@H](O)[C@@H]2O)[C@@H]1O[C@@H]1O[C@H](CO)[C@H](O)[C@H](O)[C@H]1O. The molecule has 0 radical (unpaired) electrons. The number of rotatable bonds is 29. The van der Waals surface area contributed by atoms with E-state index in [2.05, 4.69) is 16.0 Å². The number of aliphatic hydroxyl groups is 27. The molecular weight excluding hydrogens is 1620 g/mol. The van der Waals surface area contributed by atoms with Crippen molar-refractivity contribution in [2.24, 2.45) is 0 Å². The highest BCUT2D eigenvalue weighted by molar-refractivity contribution is 5.74. The number of amides is 3. The second-order valence-electron chi connectivity index (χ2n) is 30.2. The number of hydrogen-bond donors (Lipinski definition) is 30. The Balaban J connectivity index is 0.984. The van der Waals surface area contributed by atoms with Crippen LogP contribution in [0.1, 0.15) is 34.6 Å². The zero-order chi connectivity index (χ0) is 86.8. The summed E-state index contributed by atoms with van der Waals surface area (Å²) in [5, 5.41) is 306. The Bertz CT molecular complexity index is 3140. The maximum absolute atomic E-state index is 13.7. The van der Waals surface area contributed by atoms with Gasteiger partial charge in [0.25, 0.3) is 0 Å². The predicted octanol–water partition coefficient (Wildman–Crippen LogP) is -20.3. The van der Waals surface area contributed by atoms with Crippen LogP contribution >= 0.6 is 0 Å². The first-order valence-corrected chi connectivity index (χ1v) is 37.9. The minimum absolute atomic E-state index is 0.916. The molecule has 0 aliphatic carbocycles. The highest BCUT2D eigenvalue weighted by Gasteiger charge is 2.62. The third-order valence-corrected chi connectivity index (χ3v) is 22.0. The van der Waals surface area contributed by atoms with Crippen LogP contribution in [0.4, 0.5) is 0 Å². The van der Waals surface area contributed by atoms with Gasteiger partial charge in [-0.1, -0.05) is 0 Å². The summed E-state index contributed by atoms with van der Waals surface area (Å²) in [5.41, 5.74) is 0. The topological polar surface area (TPSA) is 809 Å². The summed E-state index contributed by atoms with van der Waals surface area (Å²) >= 11 is 0. The van der Waals surface area contributed by atoms with E-state index >= 15 is 0 Å². The highest BCUT2D eigenvalue weighted by atomic mass is 16.8. The highest BCUT2D eigenvalue weighted by Crippen LogP contribution is 2.41. The van der Waals surface area contributed by atoms with E-state index in [-0.39, 0.29) is 0 Å². The summed E-state index contributed by atoms with van der Waals surface area (Å²) in [6, 6.07) is -5.95. The molecule has 10 aliphatic heterocycles. The molecule has 118 heavy (non-hydrogen) atoms. The molecule has 0 aromatic rings. The van der Waals surface area contributed by atoms with E-state index < -0.39 is 377 Å². The Morgan fingerprint density at radius 2 is 0.500 bits per heavy atom. The number of aliphatic hydroxyl groups excluding tert-OH is 27. The van der Waals surface area contributed by atoms with Gasteiger partial charge in [-0.05, 0) is 13.8 Å². The summed E-state index contributed by atoms with van der Waals surface area (Å²) in [7, 11) is 0. The number of hydrogen-bond acceptors (Lipinski definition) is 49. The van der Waals surface area contributed by atoms with Crippen LogP contribution in [-0.4, -0.2) is 515 Å². The van der Waals surface area contributed by atoms with Gasteiger partial charge in [-0.25, -0.2) is 0 Å². The van der Waals surface area contributed by atoms with E-state index in [1.807, 2.05) is 0 Å². The number of carbonyl (C=O) groups is 3. The molecule has 30 N–H and O–H groups in total. The quantitative estimate of drug-likeness (QED) is 0.0331. The molecular formula is C66H111N3O49. The smallest absolute Gasteiger partial charge is 0.217 e. The van der Waals surface area contributed by atoms with E-state index in [0.29, 0.717) is 0 Å². The molecule has 0 spiro atoms. The van der Waals surface area contributed by atoms with Crippen molar-refractivity contribution in [1.82, 2.24) is 16.0 Å². The van der Waals surface area contributed by atoms with Crippen molar-refractivity contribution in [2.45, 2.75) is 341 Å². The van der Waals surface area contributed by atoms with E-state index in [4.69, 9.17) is 90.0 Å². The minimum Gasteiger partial charge on any atom is -0.394 e. The Hall–Kier alpha value is -3.43. The summed E-state index contributed by atoms with van der Waals surface area (Å²) in [4.78, 5) is 40.1. The minimum atomic E-state index is -2.51. The molecule has 10 aliphatic rings. The molecule has 0 aromatic heterocycles. The Morgan fingerprint density at radius 1 is 0.237 bits per heavy atom. The van der Waals surface area contributed by atoms with E-state index in [1.54, 1.807) is 0 Å². The lowest BCUT2D eigenvalue weighted by molar-refractivity contribution is -0.396. The van der Waals surface area contributed by atoms with Crippen molar-refractivity contribution in [1.29, 1.82) is 0 Å². The maximum atomic E-state index is 13.7. The van der Waals surface area contributed by atoms with Gasteiger partial charge in [0.1, 0.15) is 232 Å². The molecule has 3 amide bonds. The van der Waals surface area contributed by atoms with Crippen molar-refractivity contribution in [3.05, 3.63) is 0 Å². The Labute approximate surface area is 668 Å². The standard InChI is InChI=1S/C66H111N3O49/c1-14-30(80)37(87)43(93)61(101-14)112-51-25(12-76)109-60(29(69-18(5)79)54(51)116-64-46(96)40(90)33(83)20(7-71)106-64)117-55-35(85)22(9-73)107-65(47(55)97)113-50-24(11-75)108-58(28(68-17(4)78)53(50)115-62-44(94)38(88)31(81)15(2)102-62)100-13-26-36(86)56(48(98)66(110-26)111-49-23(10-74)103-57(99)42(92)41(49)91)118-59-27(67-16(3)77)52(34(84)21(8-72)104-59)114-63-45(95)39(89)32(82)19(6-70)105-63/h14-15,19-66,70-76,80-99H,6-13H2,1-5H3,(H,67,77)(H,68,78)(H,69,79)/t14-,15-,19+,20+,21+,22+,23+,24+,25+,26+,27+,28+,29+,30+,31+,32-,33-,34+,35-,36-,37+,38+,39-,40-,41+,42+,43-,44-,45+,46+,47+,48+,49+,50+,51+,52+,53+,54+,55-,56-,57?,58+,59-,60-,61-,62-,63-,64-,65-,66-/m0/s1. The van der Waals surface area contributed by atoms with Gasteiger partial charge < -0.3 is 244 Å². The third kappa shape index (κ3) is 20.8. The van der Waals surface area contributed by atoms with Crippen LogP contribution in [0.3, 0.4) is 0 Å². The largest absolute Gasteiger partial charge is 0.394 e. The normalized spacial score (nSPS) is 51.1. The molecule has 684 valence electrons. The molecule has 10 fully saturated rings. The summed E-state index contributed by atoms with van der Waals surface area (Å²) in [6.07, 6.45) is -97.1. The van der Waals surface area contributed by atoms with Crippen molar-refractivity contribution < 1.29 is 242 Å². The molecule has 10 heterocycles. The summed E-state index contributed by atoms with van der Waals surface area (Å²) < 4.78 is 114. The fourth-order valence-electron chi connectivity index (χ4n) is 15.4. The first kappa shape index (κ1) is 96.8. The average Bonchev–Trinajstić information content (AvgIpc) is 0.762. The molecule has 52 heteroatoms. The van der Waals surface area contributed by atoms with E-state index in [9.17, 15) is 152 Å². The molecule has 10 rings (SSSR count). The lowest BCUT2D eigenvalue weighted by Gasteiger charge is -2.52. The van der Waals surface area contributed by atoms with Gasteiger partial charge >= 0.3 is 0 Å². The molecule has 0 saturated carbocycles. The van der Waals surface area contributed by atoms with E-state index in [0.717, 1.165) is 20.8 Å². The van der Waals surface area contributed by atoms with Gasteiger partial charge in [-0.15, -0.1) is 0 Å². The van der Waals surface area contributed by atoms with Gasteiger partial charge in [0, 0.05) is 20.8 Å². The van der Waals surface area contributed by atoms with Crippen molar-refractivity contribution >= 4 is 17.7 Å². The fourth-order valence-corrected chi connectivity index (χ4v) is 15.4. The average molecular weight is 1730 g/mol. The van der Waals surface area contributed by atoms with Gasteiger partial charge in [0.2, 0.25) is 17.7 Å². The lowest BCUT2D eigenvalue weighted by Crippen LogP contribution is -2.72. The second kappa shape index (κ2) is 41.8. The number of nitrogens with one attached hydrogen (secondary N) is 3. The molecule has 0 bridgehead atoms. The first-order valence-electron chi connectivity index (χ1n) is 37.9. The van der Waals surface area contributed by atoms with Crippen LogP contribution in [0.25, 0.3) is 0 Å². The number of ether oxygens (including phenoxy) is 19. The molecule has 0 aromatic carbocycles. The van der Waals surface area contributed by atoms with Crippen molar-refractivity contribution in [2.75, 3.05) is 52.9 Å². The molecule has 52 nitrogen and oxygen atoms in total. The van der Waals surface area contributed by atoms with Crippen LogP contribution in [0.2, 0.25) is 0 Å². The Morgan fingerprint density at radius 3 is 0.890 bits per heavy atom. The summed E-state index contributed by atoms with van der Waals surface area (Å²) in [6.45, 7) is -3.79. The number of carbonyl (C=O) groups excluding carboxylic acids is 3. The zero-order valence-corrected chi connectivity index (χ0v) is 63.6. The third-order valence-electron chi connectivity index (χ3n) is 22.0. The van der Waals surface area contributed by atoms with Crippen LogP contribution in [0.15, 0.2) is 0 Å². The van der Waals surface area contributed by atoms with Crippen LogP contribution < -0.4 is 16.0 Å². The van der Waals surface area contributed by atoms with Gasteiger partial charge in [-0.3, -0.25) is 14.4 Å². The molecule has 50 atom stereocenters. The van der Waals surface area contributed by atoms with Crippen LogP contribution in [-0.2, 0) is 104 Å². The lowest BCUT2D eigenvalue weighted by atomic mass is 9.93. The first-order chi connectivity index (χ1) is 55.8. The van der Waals surface area contributed by atoms with Gasteiger partial charge in [-0.2, -0.15) is 0 Å². The van der Waals surface area contributed by atoms with Crippen LogP contribution in [0, 0.1) is 0 Å². The summed E-state index contributed by atoms with van der Waals surface area (Å²) in [5.74, 6) is -2.96. The predicted molar refractivity (Wildman–Crippen MR) is 362 cm³/mol. The van der Waals surface area contributed by atoms with Crippen LogP contribution in [0.5, 0.6) is 0 Å². The fraction of sp³-hybridized carbons (Fsp3) is 0.955. The van der Waals surface area contributed by atoms with Crippen molar-refractivity contribution in [3.63, 3.8) is 0 Å². The van der Waals surface area contributed by atoms with Gasteiger partial charge in [0.15, 0.2) is 62.9 Å². The monoisotopic (exact) mass is 1730 g/mol. The zero-order valence-electron chi connectivity index (χ0n) is 63.6. The maximum Gasteiger partial charge on any atom is 0.217 e. The van der Waals surface area contributed by atoms with E-state index in [1.165, 1.54) is 13.8 Å². The molecule has 1 unspecified atom stereocenters. The van der Waals surface area contributed by atoms with Crippen molar-refractivity contribution in [3.8, 4) is 0 Å². The Kier molecular flexibility index (Phi) is 34.3. The molecule has 10 saturated heterocycles.